The zero-order valence-corrected chi connectivity index (χ0v) is 10.8. The molecule has 0 saturated carbocycles. The van der Waals surface area contributed by atoms with E-state index in [1.54, 1.807) is 0 Å². The highest BCUT2D eigenvalue weighted by Gasteiger charge is 2.11. The largest absolute Gasteiger partial charge is 0.333 e. The van der Waals surface area contributed by atoms with E-state index in [1.807, 2.05) is 37.1 Å². The van der Waals surface area contributed by atoms with Crippen LogP contribution >= 0.6 is 0 Å². The zero-order valence-electron chi connectivity index (χ0n) is 10.8. The molecule has 0 aliphatic rings. The van der Waals surface area contributed by atoms with Crippen LogP contribution < -0.4 is 9.13 Å². The maximum Gasteiger partial charge on any atom is 0.194 e. The van der Waals surface area contributed by atoms with Crippen LogP contribution in [0, 0.1) is 6.92 Å². The van der Waals surface area contributed by atoms with Gasteiger partial charge in [0.1, 0.15) is 31.0 Å². The molecule has 0 fully saturated rings. The van der Waals surface area contributed by atoms with E-state index in [4.69, 9.17) is 0 Å². The molecule has 0 aliphatic carbocycles. The first-order valence-electron chi connectivity index (χ1n) is 5.95. The average molecular weight is 240 g/mol. The van der Waals surface area contributed by atoms with Gasteiger partial charge in [0.2, 0.25) is 0 Å². The Hall–Kier alpha value is -2.23. The molecule has 4 nitrogen and oxygen atoms in total. The molecule has 0 radical (unpaired) electrons. The van der Waals surface area contributed by atoms with E-state index in [0.717, 1.165) is 22.4 Å². The van der Waals surface area contributed by atoms with Crippen LogP contribution in [-0.4, -0.2) is 9.97 Å². The first-order valence-corrected chi connectivity index (χ1v) is 5.95. The summed E-state index contributed by atoms with van der Waals surface area (Å²) in [5, 5.41) is 0. The molecule has 1 N–H and O–H groups in total. The number of aromatic nitrogens is 4. The summed E-state index contributed by atoms with van der Waals surface area (Å²) in [5.41, 5.74) is 4.37. The van der Waals surface area contributed by atoms with Crippen molar-refractivity contribution in [1.29, 1.82) is 0 Å². The van der Waals surface area contributed by atoms with Gasteiger partial charge in [0.25, 0.3) is 0 Å². The third kappa shape index (κ3) is 1.76. The molecular weight excluding hydrogens is 224 g/mol. The molecule has 90 valence electrons. The fourth-order valence-corrected chi connectivity index (χ4v) is 2.02. The molecule has 0 aliphatic heterocycles. The third-order valence-electron chi connectivity index (χ3n) is 3.23. The van der Waals surface area contributed by atoms with Crippen molar-refractivity contribution >= 4 is 11.0 Å². The van der Waals surface area contributed by atoms with Crippen molar-refractivity contribution in [2.75, 3.05) is 0 Å². The van der Waals surface area contributed by atoms with Gasteiger partial charge in [0.05, 0.1) is 5.56 Å². The number of hydrogen-bond donors (Lipinski definition) is 1. The van der Waals surface area contributed by atoms with Gasteiger partial charge >= 0.3 is 0 Å². The molecule has 3 aromatic heterocycles. The van der Waals surface area contributed by atoms with Gasteiger partial charge in [0, 0.05) is 19.1 Å². The fraction of sp³-hybridized carbons (Fsp3) is 0.214. The standard InChI is InChI=1S/C14H15N4/c1-10-4-5-11(8-18(10)3)14-15-12-6-7-17(2)9-13(12)16-14/h4-9H,1-3H3/q+1/p+1. The molecule has 0 amide bonds. The van der Waals surface area contributed by atoms with E-state index in [2.05, 4.69) is 39.8 Å². The number of fused-ring (bicyclic) bond motifs is 1. The Morgan fingerprint density at radius 3 is 2.72 bits per heavy atom. The monoisotopic (exact) mass is 240 g/mol. The van der Waals surface area contributed by atoms with Crippen LogP contribution in [0.3, 0.4) is 0 Å². The molecule has 0 aromatic carbocycles. The Morgan fingerprint density at radius 1 is 1.11 bits per heavy atom. The van der Waals surface area contributed by atoms with E-state index in [0.29, 0.717) is 0 Å². The lowest BCUT2D eigenvalue weighted by Crippen LogP contribution is -2.31. The van der Waals surface area contributed by atoms with Crippen LogP contribution in [0.15, 0.2) is 36.8 Å². The number of aromatic amines is 1. The molecule has 3 heterocycles. The van der Waals surface area contributed by atoms with Gasteiger partial charge in [-0.15, -0.1) is 0 Å². The SMILES string of the molecule is Cc1ccc(-c2nc3cc[n+](C)cc3[nH]2)c[n+]1C. The van der Waals surface area contributed by atoms with Crippen LogP contribution in [0.5, 0.6) is 0 Å². The summed E-state index contributed by atoms with van der Waals surface area (Å²) in [7, 11) is 4.05. The van der Waals surface area contributed by atoms with Crippen molar-refractivity contribution in [1.82, 2.24) is 9.97 Å². The zero-order chi connectivity index (χ0) is 12.7. The van der Waals surface area contributed by atoms with E-state index in [-0.39, 0.29) is 0 Å². The second-order valence-corrected chi connectivity index (χ2v) is 4.66. The van der Waals surface area contributed by atoms with Crippen molar-refractivity contribution < 1.29 is 9.13 Å². The lowest BCUT2D eigenvalue weighted by Gasteiger charge is -1.96. The molecule has 0 saturated heterocycles. The smallest absolute Gasteiger partial charge is 0.194 e. The number of pyridine rings is 2. The van der Waals surface area contributed by atoms with Crippen LogP contribution in [0.1, 0.15) is 5.69 Å². The Morgan fingerprint density at radius 2 is 1.94 bits per heavy atom. The van der Waals surface area contributed by atoms with Crippen LogP contribution in [0.25, 0.3) is 22.4 Å². The predicted molar refractivity (Wildman–Crippen MR) is 68.6 cm³/mol. The molecule has 3 rings (SSSR count). The summed E-state index contributed by atoms with van der Waals surface area (Å²) in [6.07, 6.45) is 6.13. The Kier molecular flexibility index (Phi) is 2.37. The summed E-state index contributed by atoms with van der Waals surface area (Å²) < 4.78 is 4.11. The number of nitrogens with one attached hydrogen (secondary N) is 1. The van der Waals surface area contributed by atoms with Gasteiger partial charge in [-0.1, -0.05) is 0 Å². The maximum atomic E-state index is 4.61. The summed E-state index contributed by atoms with van der Waals surface area (Å²) >= 11 is 0. The highest BCUT2D eigenvalue weighted by molar-refractivity contribution is 5.77. The Labute approximate surface area is 106 Å². The van der Waals surface area contributed by atoms with Crippen LogP contribution in [-0.2, 0) is 14.1 Å². The van der Waals surface area contributed by atoms with Crippen molar-refractivity contribution in [2.45, 2.75) is 6.92 Å². The second-order valence-electron chi connectivity index (χ2n) is 4.66. The molecule has 0 bridgehead atoms. The molecule has 18 heavy (non-hydrogen) atoms. The molecular formula is C14H16N4+2. The lowest BCUT2D eigenvalue weighted by molar-refractivity contribution is -0.677. The van der Waals surface area contributed by atoms with Crippen molar-refractivity contribution in [3.8, 4) is 11.4 Å². The molecule has 0 unspecified atom stereocenters. The number of imidazole rings is 1. The van der Waals surface area contributed by atoms with E-state index in [9.17, 15) is 0 Å². The van der Waals surface area contributed by atoms with Gasteiger partial charge in [-0.05, 0) is 6.07 Å². The molecule has 0 spiro atoms. The minimum atomic E-state index is 0.909. The number of hydrogen-bond acceptors (Lipinski definition) is 1. The number of nitrogens with zero attached hydrogens (tertiary/aromatic N) is 3. The topological polar surface area (TPSA) is 36.4 Å². The molecule has 4 heteroatoms. The Bertz CT molecular complexity index is 728. The minimum absolute atomic E-state index is 0.909. The lowest BCUT2D eigenvalue weighted by atomic mass is 10.2. The Balaban J connectivity index is 2.16. The van der Waals surface area contributed by atoms with Crippen molar-refractivity contribution in [2.24, 2.45) is 14.1 Å². The quantitative estimate of drug-likeness (QED) is 0.637. The first kappa shape index (κ1) is 10.9. The van der Waals surface area contributed by atoms with E-state index >= 15 is 0 Å². The number of H-pyrrole nitrogens is 1. The predicted octanol–water partition coefficient (Wildman–Crippen LogP) is 1.19. The summed E-state index contributed by atoms with van der Waals surface area (Å²) in [5.74, 6) is 0.909. The minimum Gasteiger partial charge on any atom is -0.333 e. The molecule has 0 atom stereocenters. The van der Waals surface area contributed by atoms with Crippen LogP contribution in [0.4, 0.5) is 0 Å². The number of rotatable bonds is 1. The van der Waals surface area contributed by atoms with Crippen molar-refractivity contribution in [3.05, 3.63) is 42.5 Å². The van der Waals surface area contributed by atoms with E-state index < -0.39 is 0 Å². The fourth-order valence-electron chi connectivity index (χ4n) is 2.02. The highest BCUT2D eigenvalue weighted by atomic mass is 15.0. The second kappa shape index (κ2) is 3.91. The van der Waals surface area contributed by atoms with E-state index in [1.165, 1.54) is 5.69 Å². The summed E-state index contributed by atoms with van der Waals surface area (Å²) in [6, 6.07) is 6.21. The highest BCUT2D eigenvalue weighted by Crippen LogP contribution is 2.18. The first-order chi connectivity index (χ1) is 8.63. The normalized spacial score (nSPS) is 11.1. The summed E-state index contributed by atoms with van der Waals surface area (Å²) in [6.45, 7) is 2.09. The maximum absolute atomic E-state index is 4.61. The van der Waals surface area contributed by atoms with Gasteiger partial charge in [0.15, 0.2) is 24.3 Å². The van der Waals surface area contributed by atoms with Gasteiger partial charge in [-0.3, -0.25) is 0 Å². The van der Waals surface area contributed by atoms with Gasteiger partial charge in [-0.2, -0.15) is 0 Å². The van der Waals surface area contributed by atoms with Crippen LogP contribution in [0.2, 0.25) is 0 Å². The van der Waals surface area contributed by atoms with Gasteiger partial charge in [-0.25, -0.2) is 14.1 Å². The number of aryl methyl sites for hydroxylation is 3. The summed E-state index contributed by atoms with van der Waals surface area (Å²) in [4.78, 5) is 7.97. The molecule has 3 aromatic rings. The third-order valence-corrected chi connectivity index (χ3v) is 3.23. The van der Waals surface area contributed by atoms with Crippen molar-refractivity contribution in [3.63, 3.8) is 0 Å². The van der Waals surface area contributed by atoms with Gasteiger partial charge < -0.3 is 4.98 Å². The average Bonchev–Trinajstić information content (AvgIpc) is 2.75.